The van der Waals surface area contributed by atoms with Crippen LogP contribution in [-0.2, 0) is 0 Å². The van der Waals surface area contributed by atoms with Gasteiger partial charge in [0.1, 0.15) is 0 Å². The molecule has 0 saturated carbocycles. The Morgan fingerprint density at radius 2 is 2.05 bits per heavy atom. The molecule has 1 rings (SSSR count). The van der Waals surface area contributed by atoms with Crippen molar-refractivity contribution in [1.29, 1.82) is 0 Å². The zero-order valence-electron chi connectivity index (χ0n) is 12.8. The van der Waals surface area contributed by atoms with Crippen molar-refractivity contribution >= 4 is 11.7 Å². The Labute approximate surface area is 121 Å². The molecule has 5 heteroatoms. The van der Waals surface area contributed by atoms with Crippen molar-refractivity contribution in [2.75, 3.05) is 26.0 Å². The van der Waals surface area contributed by atoms with Gasteiger partial charge in [-0.05, 0) is 58.6 Å². The average molecular weight is 278 g/mol. The number of anilines is 1. The van der Waals surface area contributed by atoms with Gasteiger partial charge in [-0.2, -0.15) is 0 Å². The third kappa shape index (κ3) is 6.04. The van der Waals surface area contributed by atoms with E-state index in [1.165, 1.54) is 0 Å². The van der Waals surface area contributed by atoms with Crippen molar-refractivity contribution < 1.29 is 4.79 Å². The number of rotatable bonds is 6. The van der Waals surface area contributed by atoms with Crippen LogP contribution in [0.15, 0.2) is 24.3 Å². The van der Waals surface area contributed by atoms with Gasteiger partial charge in [0, 0.05) is 17.8 Å². The highest BCUT2D eigenvalue weighted by Crippen LogP contribution is 2.15. The second kappa shape index (κ2) is 7.87. The molecular formula is C15H26N4O. The average Bonchev–Trinajstić information content (AvgIpc) is 2.36. The van der Waals surface area contributed by atoms with E-state index in [4.69, 9.17) is 5.73 Å². The van der Waals surface area contributed by atoms with Gasteiger partial charge in [-0.15, -0.1) is 0 Å². The monoisotopic (exact) mass is 278 g/mol. The summed E-state index contributed by atoms with van der Waals surface area (Å²) in [6.07, 6.45) is 0.917. The van der Waals surface area contributed by atoms with Gasteiger partial charge >= 0.3 is 6.03 Å². The van der Waals surface area contributed by atoms with Gasteiger partial charge in [-0.1, -0.05) is 12.1 Å². The number of amides is 2. The first-order chi connectivity index (χ1) is 9.38. The molecule has 0 aromatic heterocycles. The largest absolute Gasteiger partial charge is 0.335 e. The molecule has 0 heterocycles. The summed E-state index contributed by atoms with van der Waals surface area (Å²) < 4.78 is 0. The number of urea groups is 1. The minimum Gasteiger partial charge on any atom is -0.335 e. The minimum absolute atomic E-state index is 0.0428. The third-order valence-corrected chi connectivity index (χ3v) is 3.06. The lowest BCUT2D eigenvalue weighted by Crippen LogP contribution is -2.37. The van der Waals surface area contributed by atoms with Crippen LogP contribution in [0, 0.1) is 0 Å². The van der Waals surface area contributed by atoms with Gasteiger partial charge < -0.3 is 21.3 Å². The van der Waals surface area contributed by atoms with Crippen molar-refractivity contribution in [3.63, 3.8) is 0 Å². The number of hydrogen-bond donors (Lipinski definition) is 3. The van der Waals surface area contributed by atoms with Gasteiger partial charge in [0.25, 0.3) is 0 Å². The molecule has 2 unspecified atom stereocenters. The molecule has 0 saturated heterocycles. The normalized spacial score (nSPS) is 13.9. The minimum atomic E-state index is -0.182. The van der Waals surface area contributed by atoms with Gasteiger partial charge in [0.05, 0.1) is 0 Å². The van der Waals surface area contributed by atoms with Gasteiger partial charge in [-0.3, -0.25) is 0 Å². The van der Waals surface area contributed by atoms with Crippen molar-refractivity contribution in [3.05, 3.63) is 29.8 Å². The molecule has 1 aromatic carbocycles. The fourth-order valence-corrected chi connectivity index (χ4v) is 1.81. The first-order valence-corrected chi connectivity index (χ1v) is 6.96. The van der Waals surface area contributed by atoms with Gasteiger partial charge in [-0.25, -0.2) is 4.79 Å². The number of nitrogens with two attached hydrogens (primary N) is 1. The zero-order chi connectivity index (χ0) is 15.1. The van der Waals surface area contributed by atoms with Crippen LogP contribution in [-0.4, -0.2) is 37.6 Å². The molecule has 0 aliphatic rings. The second-order valence-electron chi connectivity index (χ2n) is 5.51. The predicted octanol–water partition coefficient (Wildman–Crippen LogP) is 2.17. The highest BCUT2D eigenvalue weighted by atomic mass is 16.2. The number of nitrogens with one attached hydrogen (secondary N) is 2. The Morgan fingerprint density at radius 3 is 2.65 bits per heavy atom. The molecule has 2 atom stereocenters. The Balaban J connectivity index is 2.47. The molecule has 4 N–H and O–H groups in total. The first kappa shape index (κ1) is 16.5. The van der Waals surface area contributed by atoms with Crippen LogP contribution < -0.4 is 16.4 Å². The maximum absolute atomic E-state index is 11.9. The predicted molar refractivity (Wildman–Crippen MR) is 83.8 cm³/mol. The number of benzene rings is 1. The zero-order valence-corrected chi connectivity index (χ0v) is 12.8. The van der Waals surface area contributed by atoms with E-state index in [1.807, 2.05) is 52.2 Å². The summed E-state index contributed by atoms with van der Waals surface area (Å²) in [5, 5.41) is 5.76. The molecule has 20 heavy (non-hydrogen) atoms. The summed E-state index contributed by atoms with van der Waals surface area (Å²) in [5.74, 6) is 0. The molecule has 1 aromatic rings. The second-order valence-corrected chi connectivity index (χ2v) is 5.51. The maximum Gasteiger partial charge on any atom is 0.319 e. The molecule has 0 spiro atoms. The van der Waals surface area contributed by atoms with Crippen LogP contribution in [0.1, 0.15) is 31.9 Å². The van der Waals surface area contributed by atoms with E-state index in [1.54, 1.807) is 0 Å². The van der Waals surface area contributed by atoms with Crippen molar-refractivity contribution in [2.24, 2.45) is 5.73 Å². The highest BCUT2D eigenvalue weighted by Gasteiger charge is 2.08. The fourth-order valence-electron chi connectivity index (χ4n) is 1.81. The molecule has 0 aliphatic heterocycles. The van der Waals surface area contributed by atoms with E-state index in [9.17, 15) is 4.79 Å². The standard InChI is InChI=1S/C15H26N4O/c1-11(8-9-19(3)4)17-15(20)18-14-7-5-6-13(10-14)12(2)16/h5-7,10-12H,8-9,16H2,1-4H3,(H2,17,18,20). The molecule has 0 bridgehead atoms. The number of nitrogens with zero attached hydrogens (tertiary/aromatic N) is 1. The van der Waals surface area contributed by atoms with Gasteiger partial charge in [0.15, 0.2) is 0 Å². The molecule has 5 nitrogen and oxygen atoms in total. The van der Waals surface area contributed by atoms with Crippen molar-refractivity contribution in [2.45, 2.75) is 32.4 Å². The summed E-state index contributed by atoms with van der Waals surface area (Å²) in [5.41, 5.74) is 7.59. The van der Waals surface area contributed by atoms with Crippen molar-refractivity contribution in [1.82, 2.24) is 10.2 Å². The van der Waals surface area contributed by atoms with Crippen LogP contribution in [0.2, 0.25) is 0 Å². The Kier molecular flexibility index (Phi) is 6.48. The molecule has 0 radical (unpaired) electrons. The molecule has 112 valence electrons. The third-order valence-electron chi connectivity index (χ3n) is 3.06. The number of carbonyl (C=O) groups is 1. The quantitative estimate of drug-likeness (QED) is 0.747. The van der Waals surface area contributed by atoms with Crippen LogP contribution in [0.4, 0.5) is 10.5 Å². The summed E-state index contributed by atoms with van der Waals surface area (Å²) in [6.45, 7) is 4.87. The molecule has 2 amide bonds. The fraction of sp³-hybridized carbons (Fsp3) is 0.533. The van der Waals surface area contributed by atoms with E-state index in [-0.39, 0.29) is 18.1 Å². The lowest BCUT2D eigenvalue weighted by molar-refractivity contribution is 0.247. The molecule has 0 fully saturated rings. The lowest BCUT2D eigenvalue weighted by Gasteiger charge is -2.17. The van der Waals surface area contributed by atoms with Crippen LogP contribution in [0.5, 0.6) is 0 Å². The SMILES string of the molecule is CC(CCN(C)C)NC(=O)Nc1cccc(C(C)N)c1. The topological polar surface area (TPSA) is 70.4 Å². The molecular weight excluding hydrogens is 252 g/mol. The van der Waals surface area contributed by atoms with Crippen molar-refractivity contribution in [3.8, 4) is 0 Å². The van der Waals surface area contributed by atoms with E-state index < -0.39 is 0 Å². The Morgan fingerprint density at radius 1 is 1.35 bits per heavy atom. The molecule has 0 aliphatic carbocycles. The van der Waals surface area contributed by atoms with Crippen LogP contribution in [0.3, 0.4) is 0 Å². The summed E-state index contributed by atoms with van der Waals surface area (Å²) in [6, 6.07) is 7.51. The number of carbonyl (C=O) groups excluding carboxylic acids is 1. The van der Waals surface area contributed by atoms with E-state index in [0.29, 0.717) is 0 Å². The summed E-state index contributed by atoms with van der Waals surface area (Å²) in [7, 11) is 4.04. The van der Waals surface area contributed by atoms with Crippen LogP contribution in [0.25, 0.3) is 0 Å². The summed E-state index contributed by atoms with van der Waals surface area (Å²) >= 11 is 0. The van der Waals surface area contributed by atoms with Gasteiger partial charge in [0.2, 0.25) is 0 Å². The Hall–Kier alpha value is -1.59. The maximum atomic E-state index is 11.9. The Bertz CT molecular complexity index is 432. The number of hydrogen-bond acceptors (Lipinski definition) is 3. The summed E-state index contributed by atoms with van der Waals surface area (Å²) in [4.78, 5) is 14.0. The lowest BCUT2D eigenvalue weighted by atomic mass is 10.1. The smallest absolute Gasteiger partial charge is 0.319 e. The highest BCUT2D eigenvalue weighted by molar-refractivity contribution is 5.89. The first-order valence-electron chi connectivity index (χ1n) is 6.96. The van der Waals surface area contributed by atoms with E-state index in [0.717, 1.165) is 24.2 Å². The van der Waals surface area contributed by atoms with Crippen LogP contribution >= 0.6 is 0 Å². The van der Waals surface area contributed by atoms with E-state index >= 15 is 0 Å². The van der Waals surface area contributed by atoms with E-state index in [2.05, 4.69) is 15.5 Å².